The van der Waals surface area contributed by atoms with Crippen LogP contribution >= 0.6 is 0 Å². The van der Waals surface area contributed by atoms with Crippen molar-refractivity contribution in [3.05, 3.63) is 24.3 Å². The van der Waals surface area contributed by atoms with Gasteiger partial charge in [-0.1, -0.05) is 0 Å². The van der Waals surface area contributed by atoms with Crippen molar-refractivity contribution in [2.75, 3.05) is 43.1 Å². The van der Waals surface area contributed by atoms with Gasteiger partial charge in [0, 0.05) is 44.2 Å². The number of carbonyl (C=O) groups is 1. The second kappa shape index (κ2) is 9.49. The molecule has 0 spiro atoms. The fourth-order valence-corrected chi connectivity index (χ4v) is 2.84. The fraction of sp³-hybridized carbons (Fsp3) is 0.611. The largest absolute Gasteiger partial charge is 0.382 e. The summed E-state index contributed by atoms with van der Waals surface area (Å²) in [6.07, 6.45) is 1.27. The van der Waals surface area contributed by atoms with E-state index in [1.54, 1.807) is 0 Å². The van der Waals surface area contributed by atoms with Crippen molar-refractivity contribution in [2.24, 2.45) is 0 Å². The van der Waals surface area contributed by atoms with Crippen molar-refractivity contribution < 1.29 is 14.3 Å². The predicted octanol–water partition coefficient (Wildman–Crippen LogP) is 2.85. The van der Waals surface area contributed by atoms with Crippen LogP contribution in [0.5, 0.6) is 0 Å². The van der Waals surface area contributed by atoms with Gasteiger partial charge >= 0.3 is 6.03 Å². The number of carbonyl (C=O) groups excluding carboxylic acids is 1. The molecule has 2 atom stereocenters. The number of hydrogen-bond acceptors (Lipinski definition) is 4. The number of nitrogens with one attached hydrogen (secondary N) is 2. The summed E-state index contributed by atoms with van der Waals surface area (Å²) >= 11 is 0. The molecule has 1 aromatic carbocycles. The Morgan fingerprint density at radius 1 is 1.25 bits per heavy atom. The number of nitrogens with zero attached hydrogens (tertiary/aromatic N) is 1. The molecular formula is C18H29N3O3. The van der Waals surface area contributed by atoms with Crippen LogP contribution in [-0.2, 0) is 9.47 Å². The first kappa shape index (κ1) is 18.5. The Labute approximate surface area is 144 Å². The minimum Gasteiger partial charge on any atom is -0.382 e. The quantitative estimate of drug-likeness (QED) is 0.752. The smallest absolute Gasteiger partial charge is 0.319 e. The van der Waals surface area contributed by atoms with Gasteiger partial charge in [-0.3, -0.25) is 0 Å². The maximum Gasteiger partial charge on any atom is 0.319 e. The van der Waals surface area contributed by atoms with Crippen molar-refractivity contribution in [3.63, 3.8) is 0 Å². The molecule has 24 heavy (non-hydrogen) atoms. The van der Waals surface area contributed by atoms with E-state index < -0.39 is 0 Å². The van der Waals surface area contributed by atoms with Crippen LogP contribution in [0.1, 0.15) is 27.2 Å². The lowest BCUT2D eigenvalue weighted by molar-refractivity contribution is -0.00521. The Balaban J connectivity index is 1.78. The third kappa shape index (κ3) is 6.02. The summed E-state index contributed by atoms with van der Waals surface area (Å²) in [5, 5.41) is 5.67. The van der Waals surface area contributed by atoms with E-state index in [4.69, 9.17) is 9.47 Å². The highest BCUT2D eigenvalue weighted by atomic mass is 16.5. The third-order valence-electron chi connectivity index (χ3n) is 3.87. The van der Waals surface area contributed by atoms with Crippen molar-refractivity contribution in [3.8, 4) is 0 Å². The van der Waals surface area contributed by atoms with E-state index in [0.29, 0.717) is 19.8 Å². The summed E-state index contributed by atoms with van der Waals surface area (Å²) < 4.78 is 11.0. The highest BCUT2D eigenvalue weighted by Gasteiger charge is 2.22. The summed E-state index contributed by atoms with van der Waals surface area (Å²) in [6, 6.07) is 7.75. The molecule has 6 heteroatoms. The Bertz CT molecular complexity index is 497. The van der Waals surface area contributed by atoms with Crippen LogP contribution in [0.4, 0.5) is 16.2 Å². The molecule has 0 unspecified atom stereocenters. The zero-order valence-electron chi connectivity index (χ0n) is 14.9. The monoisotopic (exact) mass is 335 g/mol. The van der Waals surface area contributed by atoms with Crippen LogP contribution in [0.3, 0.4) is 0 Å². The van der Waals surface area contributed by atoms with E-state index in [2.05, 4.69) is 29.4 Å². The summed E-state index contributed by atoms with van der Waals surface area (Å²) in [5.74, 6) is 0. The van der Waals surface area contributed by atoms with E-state index in [1.807, 2.05) is 31.2 Å². The lowest BCUT2D eigenvalue weighted by atomic mass is 10.2. The standard InChI is InChI=1S/C18H29N3O3/c1-4-23-11-5-10-19-18(22)20-16-6-8-17(9-7-16)21-12-14(2)24-15(3)13-21/h6-9,14-15H,4-5,10-13H2,1-3H3,(H2,19,20,22)/t14-,15+. The van der Waals surface area contributed by atoms with Crippen LogP contribution in [-0.4, -0.2) is 51.1 Å². The van der Waals surface area contributed by atoms with Crippen molar-refractivity contribution >= 4 is 17.4 Å². The Kier molecular flexibility index (Phi) is 7.34. The molecule has 0 radical (unpaired) electrons. The number of ether oxygens (including phenoxy) is 2. The maximum absolute atomic E-state index is 11.8. The number of benzene rings is 1. The van der Waals surface area contributed by atoms with Crippen molar-refractivity contribution in [2.45, 2.75) is 39.4 Å². The number of morpholine rings is 1. The van der Waals surface area contributed by atoms with Crippen LogP contribution in [0, 0.1) is 0 Å². The molecule has 2 N–H and O–H groups in total. The highest BCUT2D eigenvalue weighted by molar-refractivity contribution is 5.89. The van der Waals surface area contributed by atoms with Crippen LogP contribution in [0.2, 0.25) is 0 Å². The molecule has 0 saturated carbocycles. The summed E-state index contributed by atoms with van der Waals surface area (Å²) in [4.78, 5) is 14.1. The van der Waals surface area contributed by atoms with Crippen LogP contribution < -0.4 is 15.5 Å². The second-order valence-electron chi connectivity index (χ2n) is 6.14. The first-order chi connectivity index (χ1) is 11.6. The van der Waals surface area contributed by atoms with Gasteiger partial charge in [0.25, 0.3) is 0 Å². The van der Waals surface area contributed by atoms with Crippen LogP contribution in [0.25, 0.3) is 0 Å². The maximum atomic E-state index is 11.8. The number of urea groups is 1. The number of anilines is 2. The molecular weight excluding hydrogens is 306 g/mol. The summed E-state index contributed by atoms with van der Waals surface area (Å²) in [5.41, 5.74) is 1.94. The van der Waals surface area contributed by atoms with Gasteiger partial charge in [-0.15, -0.1) is 0 Å². The molecule has 1 saturated heterocycles. The second-order valence-corrected chi connectivity index (χ2v) is 6.14. The SMILES string of the molecule is CCOCCCNC(=O)Nc1ccc(N2C[C@@H](C)O[C@@H](C)C2)cc1. The average molecular weight is 335 g/mol. The van der Waals surface area contributed by atoms with E-state index in [1.165, 1.54) is 0 Å². The van der Waals surface area contributed by atoms with E-state index in [9.17, 15) is 4.79 Å². The lowest BCUT2D eigenvalue weighted by Crippen LogP contribution is -2.45. The Morgan fingerprint density at radius 3 is 2.54 bits per heavy atom. The molecule has 0 aromatic heterocycles. The summed E-state index contributed by atoms with van der Waals surface area (Å²) in [7, 11) is 0. The van der Waals surface area contributed by atoms with Crippen molar-refractivity contribution in [1.82, 2.24) is 5.32 Å². The van der Waals surface area contributed by atoms with E-state index in [-0.39, 0.29) is 18.2 Å². The molecule has 1 aliphatic heterocycles. The van der Waals surface area contributed by atoms with Gasteiger partial charge in [-0.25, -0.2) is 4.79 Å². The molecule has 1 heterocycles. The van der Waals surface area contributed by atoms with Gasteiger partial charge in [-0.05, 0) is 51.5 Å². The normalized spacial score (nSPS) is 20.7. The number of rotatable bonds is 7. The predicted molar refractivity (Wildman–Crippen MR) is 96.8 cm³/mol. The minimum absolute atomic E-state index is 0.187. The topological polar surface area (TPSA) is 62.8 Å². The van der Waals surface area contributed by atoms with Crippen molar-refractivity contribution in [1.29, 1.82) is 0 Å². The molecule has 1 aromatic rings. The Hall–Kier alpha value is -1.79. The van der Waals surface area contributed by atoms with E-state index >= 15 is 0 Å². The third-order valence-corrected chi connectivity index (χ3v) is 3.87. The molecule has 1 aliphatic rings. The lowest BCUT2D eigenvalue weighted by Gasteiger charge is -2.36. The highest BCUT2D eigenvalue weighted by Crippen LogP contribution is 2.22. The average Bonchev–Trinajstić information content (AvgIpc) is 2.54. The zero-order valence-corrected chi connectivity index (χ0v) is 14.9. The van der Waals surface area contributed by atoms with Gasteiger partial charge in [-0.2, -0.15) is 0 Å². The number of amides is 2. The zero-order chi connectivity index (χ0) is 17.4. The minimum atomic E-state index is -0.187. The molecule has 0 aliphatic carbocycles. The van der Waals surface area contributed by atoms with Gasteiger partial charge in [0.05, 0.1) is 12.2 Å². The van der Waals surface area contributed by atoms with E-state index in [0.717, 1.165) is 30.9 Å². The molecule has 0 bridgehead atoms. The summed E-state index contributed by atoms with van der Waals surface area (Å²) in [6.45, 7) is 9.90. The molecule has 6 nitrogen and oxygen atoms in total. The van der Waals surface area contributed by atoms with Gasteiger partial charge in [0.1, 0.15) is 0 Å². The first-order valence-electron chi connectivity index (χ1n) is 8.71. The molecule has 2 amide bonds. The molecule has 2 rings (SSSR count). The van der Waals surface area contributed by atoms with Gasteiger partial charge < -0.3 is 25.0 Å². The number of hydrogen-bond donors (Lipinski definition) is 2. The van der Waals surface area contributed by atoms with Crippen LogP contribution in [0.15, 0.2) is 24.3 Å². The molecule has 1 fully saturated rings. The van der Waals surface area contributed by atoms with Gasteiger partial charge in [0.2, 0.25) is 0 Å². The first-order valence-corrected chi connectivity index (χ1v) is 8.71. The fourth-order valence-electron chi connectivity index (χ4n) is 2.84. The Morgan fingerprint density at radius 2 is 1.92 bits per heavy atom. The van der Waals surface area contributed by atoms with Gasteiger partial charge in [0.15, 0.2) is 0 Å². The molecule has 134 valence electrons.